The molecule has 0 aromatic heterocycles. The van der Waals surface area contributed by atoms with Crippen molar-refractivity contribution in [2.24, 2.45) is 0 Å². The third-order valence-electron chi connectivity index (χ3n) is 6.04. The molecule has 3 aromatic rings. The molecule has 2 aliphatic heterocycles. The molecule has 168 valence electrons. The Hall–Kier alpha value is -3.28. The van der Waals surface area contributed by atoms with Gasteiger partial charge in [-0.3, -0.25) is 9.69 Å². The number of halogens is 1. The summed E-state index contributed by atoms with van der Waals surface area (Å²) >= 11 is 5.99. The van der Waals surface area contributed by atoms with E-state index in [0.29, 0.717) is 36.1 Å². The summed E-state index contributed by atoms with van der Waals surface area (Å²) in [6.07, 6.45) is 2.62. The summed E-state index contributed by atoms with van der Waals surface area (Å²) < 4.78 is 17.6. The maximum Gasteiger partial charge on any atom is 0.232 e. The first-order chi connectivity index (χ1) is 16.0. The highest BCUT2D eigenvalue weighted by molar-refractivity contribution is 6.30. The van der Waals surface area contributed by atoms with Crippen LogP contribution in [0.15, 0.2) is 60.4 Å². The average molecular weight is 462 g/mol. The van der Waals surface area contributed by atoms with Crippen molar-refractivity contribution in [2.75, 3.05) is 20.4 Å². The fraction of sp³-hybridized carbons (Fsp3) is 0.222. The fourth-order valence-electron chi connectivity index (χ4n) is 4.28. The first-order valence-corrected chi connectivity index (χ1v) is 11.2. The molecule has 6 heteroatoms. The number of fused-ring (bicyclic) bond motifs is 3. The number of para-hydroxylation sites is 1. The van der Waals surface area contributed by atoms with Crippen LogP contribution in [0.5, 0.6) is 17.2 Å². The summed E-state index contributed by atoms with van der Waals surface area (Å²) in [7, 11) is 1.61. The normalized spacial score (nSPS) is 16.2. The lowest BCUT2D eigenvalue weighted by atomic mass is 9.98. The highest BCUT2D eigenvalue weighted by Gasteiger charge is 2.35. The van der Waals surface area contributed by atoms with Crippen LogP contribution in [0, 0.1) is 6.92 Å². The molecule has 0 aliphatic carbocycles. The number of hydrogen-bond donors (Lipinski definition) is 0. The van der Waals surface area contributed by atoms with E-state index in [2.05, 4.69) is 4.90 Å². The number of allylic oxidation sites excluding steroid dienone is 1. The molecule has 33 heavy (non-hydrogen) atoms. The summed E-state index contributed by atoms with van der Waals surface area (Å²) in [5, 5.41) is 0.735. The summed E-state index contributed by atoms with van der Waals surface area (Å²) in [4.78, 5) is 15.4. The zero-order valence-corrected chi connectivity index (χ0v) is 19.3. The lowest BCUT2D eigenvalue weighted by molar-refractivity contribution is 0.0949. The Kier molecular flexibility index (Phi) is 5.83. The molecule has 0 N–H and O–H groups in total. The van der Waals surface area contributed by atoms with Gasteiger partial charge in [-0.15, -0.1) is 0 Å². The number of carbonyl (C=O) groups excluding carboxylic acids is 1. The number of benzene rings is 3. The molecule has 0 bridgehead atoms. The van der Waals surface area contributed by atoms with Gasteiger partial charge in [0.15, 0.2) is 5.76 Å². The fourth-order valence-corrected chi connectivity index (χ4v) is 4.41. The molecule has 0 saturated carbocycles. The van der Waals surface area contributed by atoms with Gasteiger partial charge in [0, 0.05) is 23.7 Å². The van der Waals surface area contributed by atoms with Crippen molar-refractivity contribution >= 4 is 23.5 Å². The number of carbonyl (C=O) groups is 1. The minimum Gasteiger partial charge on any atom is -0.496 e. The van der Waals surface area contributed by atoms with E-state index in [9.17, 15) is 4.79 Å². The lowest BCUT2D eigenvalue weighted by Gasteiger charge is -2.30. The van der Waals surface area contributed by atoms with E-state index in [-0.39, 0.29) is 5.78 Å². The molecule has 0 unspecified atom stereocenters. The van der Waals surface area contributed by atoms with Crippen LogP contribution < -0.4 is 14.2 Å². The maximum absolute atomic E-state index is 13.2. The van der Waals surface area contributed by atoms with Crippen LogP contribution in [0.1, 0.15) is 32.6 Å². The van der Waals surface area contributed by atoms with E-state index in [1.165, 1.54) is 5.56 Å². The molecular formula is C27H24ClNO4. The van der Waals surface area contributed by atoms with E-state index < -0.39 is 0 Å². The van der Waals surface area contributed by atoms with Gasteiger partial charge >= 0.3 is 0 Å². The van der Waals surface area contributed by atoms with Gasteiger partial charge in [0.25, 0.3) is 0 Å². The summed E-state index contributed by atoms with van der Waals surface area (Å²) in [6.45, 7) is 3.89. The largest absolute Gasteiger partial charge is 0.496 e. The molecule has 2 heterocycles. The molecule has 0 atom stereocenters. The molecule has 3 aromatic carbocycles. The Labute approximate surface area is 198 Å². The molecular weight excluding hydrogens is 438 g/mol. The molecule has 5 nitrogen and oxygen atoms in total. The predicted molar refractivity (Wildman–Crippen MR) is 128 cm³/mol. The van der Waals surface area contributed by atoms with Crippen LogP contribution in [-0.4, -0.2) is 31.1 Å². The lowest BCUT2D eigenvalue weighted by Crippen LogP contribution is -2.33. The van der Waals surface area contributed by atoms with Crippen molar-refractivity contribution in [3.8, 4) is 17.2 Å². The van der Waals surface area contributed by atoms with Crippen LogP contribution in [0.25, 0.3) is 6.08 Å². The number of ketones is 1. The van der Waals surface area contributed by atoms with Gasteiger partial charge in [-0.2, -0.15) is 0 Å². The molecule has 0 spiro atoms. The van der Waals surface area contributed by atoms with Crippen LogP contribution in [0.3, 0.4) is 0 Å². The first-order valence-electron chi connectivity index (χ1n) is 10.9. The van der Waals surface area contributed by atoms with E-state index in [0.717, 1.165) is 40.4 Å². The quantitative estimate of drug-likeness (QED) is 0.458. The van der Waals surface area contributed by atoms with E-state index in [1.54, 1.807) is 13.2 Å². The number of Topliss-reactive ketones (excluding diaryl/α,β-unsaturated/α-hetero) is 1. The van der Waals surface area contributed by atoms with Crippen molar-refractivity contribution in [3.63, 3.8) is 0 Å². The monoisotopic (exact) mass is 461 g/mol. The van der Waals surface area contributed by atoms with Gasteiger partial charge in [-0.1, -0.05) is 41.9 Å². The Morgan fingerprint density at radius 3 is 2.73 bits per heavy atom. The van der Waals surface area contributed by atoms with Crippen molar-refractivity contribution < 1.29 is 19.0 Å². The highest BCUT2D eigenvalue weighted by atomic mass is 35.5. The average Bonchev–Trinajstić information content (AvgIpc) is 3.16. The Morgan fingerprint density at radius 2 is 1.94 bits per heavy atom. The SMILES string of the molecule is COc1ccccc1/C=C1/Oc2c3c(cc(C)c2C1=O)OCN(CCc1ccc(Cl)cc1)C3. The third-order valence-corrected chi connectivity index (χ3v) is 6.30. The van der Waals surface area contributed by atoms with Gasteiger partial charge in [-0.05, 0) is 54.8 Å². The number of hydrogen-bond acceptors (Lipinski definition) is 5. The van der Waals surface area contributed by atoms with Crippen molar-refractivity contribution in [3.05, 3.63) is 93.2 Å². The number of methoxy groups -OCH3 is 1. The van der Waals surface area contributed by atoms with Crippen molar-refractivity contribution in [1.29, 1.82) is 0 Å². The van der Waals surface area contributed by atoms with Gasteiger partial charge in [0.05, 0.1) is 18.2 Å². The van der Waals surface area contributed by atoms with Gasteiger partial charge in [0.1, 0.15) is 24.0 Å². The number of rotatable bonds is 5. The van der Waals surface area contributed by atoms with Gasteiger partial charge in [-0.25, -0.2) is 0 Å². The zero-order chi connectivity index (χ0) is 22.9. The Morgan fingerprint density at radius 1 is 1.15 bits per heavy atom. The number of ether oxygens (including phenoxy) is 3. The standard InChI is InChI=1S/C27H24ClNO4/c1-17-13-23-21(15-29(16-32-23)12-11-18-7-9-20(28)10-8-18)27-25(17)26(30)24(33-27)14-19-5-3-4-6-22(19)31-2/h3-10,13-14H,11-12,15-16H2,1-2H3/b24-14+. The number of aryl methyl sites for hydroxylation is 1. The molecule has 0 fully saturated rings. The summed E-state index contributed by atoms with van der Waals surface area (Å²) in [5.74, 6) is 2.25. The second kappa shape index (κ2) is 8.93. The van der Waals surface area contributed by atoms with E-state index >= 15 is 0 Å². The molecule has 5 rings (SSSR count). The molecule has 0 amide bonds. The topological polar surface area (TPSA) is 48.0 Å². The molecule has 0 radical (unpaired) electrons. The third kappa shape index (κ3) is 4.22. The van der Waals surface area contributed by atoms with Crippen LogP contribution in [-0.2, 0) is 13.0 Å². The minimum atomic E-state index is -0.116. The van der Waals surface area contributed by atoms with Crippen LogP contribution in [0.4, 0.5) is 0 Å². The summed E-state index contributed by atoms with van der Waals surface area (Å²) in [6, 6.07) is 17.4. The smallest absolute Gasteiger partial charge is 0.232 e. The van der Waals surface area contributed by atoms with E-state index in [4.69, 9.17) is 25.8 Å². The number of nitrogens with zero attached hydrogens (tertiary/aromatic N) is 1. The van der Waals surface area contributed by atoms with Crippen LogP contribution in [0.2, 0.25) is 5.02 Å². The summed E-state index contributed by atoms with van der Waals surface area (Å²) in [5.41, 5.74) is 4.39. The van der Waals surface area contributed by atoms with Gasteiger partial charge in [0.2, 0.25) is 5.78 Å². The first kappa shape index (κ1) is 21.6. The Balaban J connectivity index is 1.40. The highest BCUT2D eigenvalue weighted by Crippen LogP contribution is 2.44. The van der Waals surface area contributed by atoms with Crippen molar-refractivity contribution in [1.82, 2.24) is 4.90 Å². The zero-order valence-electron chi connectivity index (χ0n) is 18.6. The molecule has 2 aliphatic rings. The van der Waals surface area contributed by atoms with Gasteiger partial charge < -0.3 is 14.2 Å². The van der Waals surface area contributed by atoms with E-state index in [1.807, 2.05) is 61.5 Å². The predicted octanol–water partition coefficient (Wildman–Crippen LogP) is 5.67. The van der Waals surface area contributed by atoms with Crippen LogP contribution >= 0.6 is 11.6 Å². The maximum atomic E-state index is 13.2. The Bertz CT molecular complexity index is 1250. The minimum absolute atomic E-state index is 0.116. The molecule has 0 saturated heterocycles. The van der Waals surface area contributed by atoms with Crippen molar-refractivity contribution in [2.45, 2.75) is 19.9 Å². The second-order valence-corrected chi connectivity index (χ2v) is 8.69. The second-order valence-electron chi connectivity index (χ2n) is 8.26.